The van der Waals surface area contributed by atoms with Gasteiger partial charge in [0.25, 0.3) is 0 Å². The minimum absolute atomic E-state index is 0.0925. The van der Waals surface area contributed by atoms with E-state index in [9.17, 15) is 39.4 Å². The fraction of sp³-hybridized carbons (Fsp3) is 0.500. The maximum absolute atomic E-state index is 13.8. The lowest BCUT2D eigenvalue weighted by atomic mass is 9.72. The minimum Gasteiger partial charge on any atom is -0.507 e. The van der Waals surface area contributed by atoms with Crippen molar-refractivity contribution in [2.24, 2.45) is 0 Å². The normalized spacial score (nSPS) is 31.7. The van der Waals surface area contributed by atoms with Crippen LogP contribution in [0.1, 0.15) is 75.8 Å². The molecule has 6 rings (SSSR count). The number of fused-ring (bicyclic) bond motifs is 4. The van der Waals surface area contributed by atoms with Crippen molar-refractivity contribution in [3.05, 3.63) is 51.6 Å². The first kappa shape index (κ1) is 33.3. The van der Waals surface area contributed by atoms with Crippen molar-refractivity contribution in [1.82, 2.24) is 9.76 Å². The summed E-state index contributed by atoms with van der Waals surface area (Å²) in [6, 6.07) is 3.38. The van der Waals surface area contributed by atoms with E-state index in [1.165, 1.54) is 25.1 Å². The number of benzene rings is 2. The van der Waals surface area contributed by atoms with Gasteiger partial charge in [-0.25, -0.2) is 9.76 Å². The number of carbonyl (C=O) groups excluding carboxylic acids is 3. The van der Waals surface area contributed by atoms with Gasteiger partial charge in [0, 0.05) is 60.8 Å². The highest BCUT2D eigenvalue weighted by atomic mass is 35.5. The summed E-state index contributed by atoms with van der Waals surface area (Å²) in [5, 5.41) is 47.9. The highest BCUT2D eigenvalue weighted by molar-refractivity contribution is 7.54. The van der Waals surface area contributed by atoms with Gasteiger partial charge >= 0.3 is 7.67 Å². The lowest BCUT2D eigenvalue weighted by molar-refractivity contribution is -0.241. The molecule has 7 atom stereocenters. The first-order valence-corrected chi connectivity index (χ1v) is 17.4. The van der Waals surface area contributed by atoms with E-state index in [4.69, 9.17) is 37.2 Å². The van der Waals surface area contributed by atoms with E-state index in [2.05, 4.69) is 5.09 Å². The number of Topliss-reactive ketones (excluding diaryl/α,β-unsaturated/α-hetero) is 1. The number of phenolic OH excluding ortho intramolecular Hbond substituents is 3. The van der Waals surface area contributed by atoms with Crippen molar-refractivity contribution < 1.29 is 53.4 Å². The van der Waals surface area contributed by atoms with Gasteiger partial charge in [0.15, 0.2) is 17.9 Å². The molecule has 2 aromatic carbocycles. The van der Waals surface area contributed by atoms with Crippen LogP contribution in [0.15, 0.2) is 18.2 Å². The summed E-state index contributed by atoms with van der Waals surface area (Å²) in [6.07, 6.45) is -4.41. The average Bonchev–Trinajstić information content (AvgIpc) is 3.35. The molecular weight excluding hydrogens is 666 g/mol. The van der Waals surface area contributed by atoms with Crippen LogP contribution in [-0.4, -0.2) is 97.4 Å². The number of halogens is 2. The first-order chi connectivity index (χ1) is 21.7. The van der Waals surface area contributed by atoms with Gasteiger partial charge in [-0.2, -0.15) is 0 Å². The second-order valence-corrected chi connectivity index (χ2v) is 14.8. The van der Waals surface area contributed by atoms with Crippen molar-refractivity contribution in [2.75, 3.05) is 24.8 Å². The molecule has 0 bridgehead atoms. The second kappa shape index (κ2) is 12.1. The molecule has 13 nitrogen and oxygen atoms in total. The van der Waals surface area contributed by atoms with Crippen LogP contribution in [0.25, 0.3) is 0 Å². The highest BCUT2D eigenvalue weighted by Crippen LogP contribution is 2.57. The largest absolute Gasteiger partial charge is 0.507 e. The SMILES string of the molecule is CC(=O)[C@]1(O)Cc2c(O)c3c(c(O)c2[C@@H](O[C@H]2C[C@@H]4NP(=O)(N(CCCl)CCCl)O[C@@H]4[C@H](C)O2)C1)C(=O)c1c(O)cccc1C3=O. The molecule has 2 aromatic rings. The quantitative estimate of drug-likeness (QED) is 0.131. The Balaban J connectivity index is 1.37. The van der Waals surface area contributed by atoms with Crippen LogP contribution in [-0.2, 0) is 29.8 Å². The number of carbonyl (C=O) groups is 3. The van der Waals surface area contributed by atoms with Crippen molar-refractivity contribution in [3.63, 3.8) is 0 Å². The summed E-state index contributed by atoms with van der Waals surface area (Å²) < 4.78 is 33.7. The zero-order chi connectivity index (χ0) is 33.3. The molecule has 0 radical (unpaired) electrons. The molecule has 1 unspecified atom stereocenters. The van der Waals surface area contributed by atoms with E-state index in [1.54, 1.807) is 11.6 Å². The number of alkyl halides is 2. The average molecular weight is 699 g/mol. The molecule has 2 fully saturated rings. The molecule has 2 aliphatic carbocycles. The van der Waals surface area contributed by atoms with Gasteiger partial charge in [0.2, 0.25) is 5.78 Å². The molecule has 248 valence electrons. The number of rotatable bonds is 8. The monoisotopic (exact) mass is 698 g/mol. The molecule has 0 spiro atoms. The molecule has 16 heteroatoms. The standard InChI is InChI=1S/C30H33Cl2N2O11P/c1-13-29-17(33-46(42,45-29)34(8-6-31)9-7-32)10-20(43-13)44-19-12-30(41,14(2)35)11-16-22(19)28(40)24-23(26(16)38)25(37)15-4-3-5-18(36)21(15)27(24)39/h3-5,13,17,19-20,29,36,38,40-41H,6-12H2,1-2H3,(H,33,42)/t13-,17-,19-,20-,29+,30-,46?/m0/s1. The minimum atomic E-state index is -3.55. The van der Waals surface area contributed by atoms with Gasteiger partial charge in [-0.15, -0.1) is 23.2 Å². The fourth-order valence-electron chi connectivity index (χ4n) is 6.87. The summed E-state index contributed by atoms with van der Waals surface area (Å²) in [5.41, 5.74) is -3.83. The third kappa shape index (κ3) is 5.26. The second-order valence-electron chi connectivity index (χ2n) is 12.0. The number of phenols is 3. The number of nitrogens with one attached hydrogen (secondary N) is 1. The van der Waals surface area contributed by atoms with Crippen LogP contribution < -0.4 is 5.09 Å². The van der Waals surface area contributed by atoms with Crippen molar-refractivity contribution in [2.45, 2.75) is 69.4 Å². The Morgan fingerprint density at radius 3 is 2.43 bits per heavy atom. The third-order valence-electron chi connectivity index (χ3n) is 9.17. The van der Waals surface area contributed by atoms with Crippen molar-refractivity contribution >= 4 is 48.2 Å². The van der Waals surface area contributed by atoms with Gasteiger partial charge in [-0.1, -0.05) is 12.1 Å². The third-order valence-corrected chi connectivity index (χ3v) is 11.8. The molecule has 2 saturated heterocycles. The Hall–Kier alpha value is -2.58. The van der Waals surface area contributed by atoms with Gasteiger partial charge in [-0.05, 0) is 19.9 Å². The molecule has 5 N–H and O–H groups in total. The molecule has 46 heavy (non-hydrogen) atoms. The van der Waals surface area contributed by atoms with Gasteiger partial charge in [0.1, 0.15) is 29.0 Å². The molecule has 2 heterocycles. The van der Waals surface area contributed by atoms with E-state index in [0.717, 1.165) is 0 Å². The highest BCUT2D eigenvalue weighted by Gasteiger charge is 2.54. The van der Waals surface area contributed by atoms with Crippen LogP contribution in [0.4, 0.5) is 0 Å². The smallest absolute Gasteiger partial charge is 0.344 e. The summed E-state index contributed by atoms with van der Waals surface area (Å²) >= 11 is 11.8. The van der Waals surface area contributed by atoms with E-state index in [-0.39, 0.29) is 59.9 Å². The van der Waals surface area contributed by atoms with Crippen LogP contribution >= 0.6 is 30.9 Å². The number of hydrogen-bond donors (Lipinski definition) is 5. The van der Waals surface area contributed by atoms with E-state index >= 15 is 0 Å². The molecule has 0 saturated carbocycles. The van der Waals surface area contributed by atoms with Crippen LogP contribution in [0, 0.1) is 0 Å². The summed E-state index contributed by atoms with van der Waals surface area (Å²) in [5.74, 6) is -3.83. The lowest BCUT2D eigenvalue weighted by Crippen LogP contribution is -2.50. The molecular formula is C30H33Cl2N2O11P. The predicted molar refractivity (Wildman–Crippen MR) is 164 cm³/mol. The maximum atomic E-state index is 13.8. The molecule has 4 aliphatic rings. The van der Waals surface area contributed by atoms with Crippen molar-refractivity contribution in [1.29, 1.82) is 0 Å². The summed E-state index contributed by atoms with van der Waals surface area (Å²) in [6.45, 7) is 3.38. The number of hydrogen-bond acceptors (Lipinski definition) is 11. The van der Waals surface area contributed by atoms with E-state index in [0.29, 0.717) is 0 Å². The van der Waals surface area contributed by atoms with Gasteiger partial charge < -0.3 is 29.9 Å². The van der Waals surface area contributed by atoms with Crippen LogP contribution in [0.2, 0.25) is 0 Å². The number of ketones is 3. The predicted octanol–water partition coefficient (Wildman–Crippen LogP) is 3.28. The maximum Gasteiger partial charge on any atom is 0.344 e. The Labute approximate surface area is 273 Å². The zero-order valence-electron chi connectivity index (χ0n) is 24.9. The van der Waals surface area contributed by atoms with Crippen molar-refractivity contribution in [3.8, 4) is 17.2 Å². The first-order valence-electron chi connectivity index (χ1n) is 14.7. The summed E-state index contributed by atoms with van der Waals surface area (Å²) in [7, 11) is -3.55. The van der Waals surface area contributed by atoms with Gasteiger partial charge in [0.05, 0.1) is 34.9 Å². The Bertz CT molecular complexity index is 1680. The Kier molecular flexibility index (Phi) is 8.80. The number of nitrogens with zero attached hydrogens (tertiary/aromatic N) is 1. The Morgan fingerprint density at radius 2 is 1.78 bits per heavy atom. The number of aliphatic hydroxyl groups is 1. The van der Waals surface area contributed by atoms with E-state index in [1.807, 2.05) is 0 Å². The number of ether oxygens (including phenoxy) is 2. The number of aromatic hydroxyl groups is 3. The van der Waals surface area contributed by atoms with Gasteiger partial charge in [-0.3, -0.25) is 23.5 Å². The lowest BCUT2D eigenvalue weighted by Gasteiger charge is -2.41. The van der Waals surface area contributed by atoms with E-state index < -0.39 is 96.1 Å². The van der Waals surface area contributed by atoms with Crippen LogP contribution in [0.5, 0.6) is 17.2 Å². The van der Waals surface area contributed by atoms with Crippen LogP contribution in [0.3, 0.4) is 0 Å². The zero-order valence-corrected chi connectivity index (χ0v) is 27.3. The summed E-state index contributed by atoms with van der Waals surface area (Å²) in [4.78, 5) is 39.8. The Morgan fingerprint density at radius 1 is 1.11 bits per heavy atom. The fourth-order valence-corrected chi connectivity index (χ4v) is 9.91. The molecule has 0 amide bonds. The molecule has 0 aromatic heterocycles. The topological polar surface area (TPSA) is 192 Å². The molecule has 2 aliphatic heterocycles.